The van der Waals surface area contributed by atoms with E-state index in [-0.39, 0.29) is 29.4 Å². The number of anilines is 1. The smallest absolute Gasteiger partial charge is 0.259 e. The van der Waals surface area contributed by atoms with Crippen molar-refractivity contribution in [3.05, 3.63) is 41.8 Å². The van der Waals surface area contributed by atoms with Crippen LogP contribution in [0.25, 0.3) is 0 Å². The number of carbonyl (C=O) groups excluding carboxylic acids is 1. The summed E-state index contributed by atoms with van der Waals surface area (Å²) in [6.07, 6.45) is 1.62. The fourth-order valence-electron chi connectivity index (χ4n) is 2.44. The highest BCUT2D eigenvalue weighted by atomic mass is 32.2. The second-order valence-electron chi connectivity index (χ2n) is 5.49. The van der Waals surface area contributed by atoms with E-state index in [0.29, 0.717) is 13.2 Å². The lowest BCUT2D eigenvalue weighted by Crippen LogP contribution is -2.40. The molecule has 0 spiro atoms. The highest BCUT2D eigenvalue weighted by Gasteiger charge is 2.28. The molecular weight excluding hydrogens is 351 g/mol. The van der Waals surface area contributed by atoms with Crippen LogP contribution in [0.1, 0.15) is 10.4 Å². The number of nitrogens with zero attached hydrogens (tertiary/aromatic N) is 3. The molecule has 0 unspecified atom stereocenters. The fourth-order valence-corrected chi connectivity index (χ4v) is 3.87. The highest BCUT2D eigenvalue weighted by Crippen LogP contribution is 2.21. The van der Waals surface area contributed by atoms with Crippen LogP contribution in [0.15, 0.2) is 35.4 Å². The summed E-state index contributed by atoms with van der Waals surface area (Å²) in [7, 11) is -2.14. The van der Waals surface area contributed by atoms with Crippen molar-refractivity contribution < 1.29 is 22.3 Å². The average molecular weight is 368 g/mol. The van der Waals surface area contributed by atoms with Crippen LogP contribution < -0.4 is 5.32 Å². The molecule has 3 rings (SSSR count). The van der Waals surface area contributed by atoms with Crippen LogP contribution in [-0.2, 0) is 21.8 Å². The van der Waals surface area contributed by atoms with Crippen molar-refractivity contribution >= 4 is 21.7 Å². The Morgan fingerprint density at radius 3 is 2.64 bits per heavy atom. The normalized spacial score (nSPS) is 15.9. The van der Waals surface area contributed by atoms with E-state index in [1.807, 2.05) is 0 Å². The third-order valence-corrected chi connectivity index (χ3v) is 5.64. The van der Waals surface area contributed by atoms with Crippen molar-refractivity contribution in [3.8, 4) is 0 Å². The maximum absolute atomic E-state index is 14.0. The molecule has 1 aliphatic heterocycles. The van der Waals surface area contributed by atoms with E-state index >= 15 is 0 Å². The Labute approximate surface area is 144 Å². The zero-order valence-corrected chi connectivity index (χ0v) is 14.3. The fraction of sp³-hybridized carbons (Fsp3) is 0.333. The number of morpholine rings is 1. The zero-order chi connectivity index (χ0) is 18.0. The zero-order valence-electron chi connectivity index (χ0n) is 13.5. The number of aryl methyl sites for hydroxylation is 1. The van der Waals surface area contributed by atoms with Gasteiger partial charge in [-0.2, -0.15) is 9.40 Å². The Morgan fingerprint density at radius 2 is 2.00 bits per heavy atom. The second kappa shape index (κ2) is 6.90. The average Bonchev–Trinajstić information content (AvgIpc) is 3.00. The number of hydrogen-bond donors (Lipinski definition) is 1. The number of amides is 1. The van der Waals surface area contributed by atoms with E-state index in [1.54, 1.807) is 19.3 Å². The summed E-state index contributed by atoms with van der Waals surface area (Å²) in [5.41, 5.74) is -0.361. The lowest BCUT2D eigenvalue weighted by molar-refractivity contribution is 0.0730. The number of carbonyl (C=O) groups is 1. The molecule has 2 aromatic rings. The van der Waals surface area contributed by atoms with Gasteiger partial charge in [-0.3, -0.25) is 9.48 Å². The number of nitrogens with one attached hydrogen (secondary N) is 1. The Morgan fingerprint density at radius 1 is 1.28 bits per heavy atom. The lowest BCUT2D eigenvalue weighted by Gasteiger charge is -2.26. The molecule has 1 N–H and O–H groups in total. The van der Waals surface area contributed by atoms with Gasteiger partial charge in [-0.05, 0) is 18.2 Å². The summed E-state index contributed by atoms with van der Waals surface area (Å²) in [6, 6.07) is 4.71. The third kappa shape index (κ3) is 3.70. The van der Waals surface area contributed by atoms with Crippen molar-refractivity contribution in [1.82, 2.24) is 14.1 Å². The van der Waals surface area contributed by atoms with Crippen LogP contribution in [0.4, 0.5) is 10.2 Å². The van der Waals surface area contributed by atoms with E-state index in [9.17, 15) is 17.6 Å². The molecule has 1 aromatic carbocycles. The molecule has 0 atom stereocenters. The molecule has 0 saturated carbocycles. The van der Waals surface area contributed by atoms with Crippen LogP contribution in [-0.4, -0.2) is 54.7 Å². The highest BCUT2D eigenvalue weighted by molar-refractivity contribution is 7.89. The van der Waals surface area contributed by atoms with Gasteiger partial charge in [-0.1, -0.05) is 0 Å². The maximum Gasteiger partial charge on any atom is 0.259 e. The number of hydrogen-bond acceptors (Lipinski definition) is 5. The summed E-state index contributed by atoms with van der Waals surface area (Å²) >= 11 is 0. The first-order valence-corrected chi connectivity index (χ1v) is 9.00. The quantitative estimate of drug-likeness (QED) is 0.863. The number of sulfonamides is 1. The molecular formula is C15H17FN4O4S. The first-order chi connectivity index (χ1) is 11.9. The van der Waals surface area contributed by atoms with Crippen molar-refractivity contribution in [3.63, 3.8) is 0 Å². The van der Waals surface area contributed by atoms with Gasteiger partial charge in [-0.25, -0.2) is 12.8 Å². The lowest BCUT2D eigenvalue weighted by atomic mass is 10.2. The van der Waals surface area contributed by atoms with E-state index in [2.05, 4.69) is 10.4 Å². The summed E-state index contributed by atoms with van der Waals surface area (Å²) in [5, 5.41) is 6.41. The second-order valence-corrected chi connectivity index (χ2v) is 7.42. The molecule has 1 aromatic heterocycles. The maximum atomic E-state index is 14.0. The largest absolute Gasteiger partial charge is 0.379 e. The van der Waals surface area contributed by atoms with Crippen LogP contribution in [0.3, 0.4) is 0 Å². The third-order valence-electron chi connectivity index (χ3n) is 3.75. The standard InChI is InChI=1S/C15H17FN4O4S/c1-19-5-4-14(18-19)17-15(21)12-10-11(2-3-13(12)16)25(22,23)20-6-8-24-9-7-20/h2-5,10H,6-9H2,1H3,(H,17,18,21). The van der Waals surface area contributed by atoms with Gasteiger partial charge in [0, 0.05) is 32.4 Å². The number of aromatic nitrogens is 2. The monoisotopic (exact) mass is 368 g/mol. The minimum absolute atomic E-state index is 0.137. The van der Waals surface area contributed by atoms with Crippen LogP contribution in [0, 0.1) is 5.82 Å². The number of ether oxygens (including phenoxy) is 1. The molecule has 1 amide bonds. The summed E-state index contributed by atoms with van der Waals surface area (Å²) in [6.45, 7) is 1.03. The van der Waals surface area contributed by atoms with Gasteiger partial charge in [0.25, 0.3) is 5.91 Å². The minimum Gasteiger partial charge on any atom is -0.379 e. The summed E-state index contributed by atoms with van der Waals surface area (Å²) < 4.78 is 47.2. The van der Waals surface area contributed by atoms with Crippen molar-refractivity contribution in [2.75, 3.05) is 31.6 Å². The van der Waals surface area contributed by atoms with Gasteiger partial charge in [0.15, 0.2) is 5.82 Å². The van der Waals surface area contributed by atoms with Gasteiger partial charge in [0.2, 0.25) is 10.0 Å². The Balaban J connectivity index is 1.88. The molecule has 2 heterocycles. The SMILES string of the molecule is Cn1ccc(NC(=O)c2cc(S(=O)(=O)N3CCOCC3)ccc2F)n1. The van der Waals surface area contributed by atoms with Gasteiger partial charge in [-0.15, -0.1) is 0 Å². The van der Waals surface area contributed by atoms with Crippen molar-refractivity contribution in [2.45, 2.75) is 4.90 Å². The van der Waals surface area contributed by atoms with Crippen LogP contribution in [0.5, 0.6) is 0 Å². The molecule has 10 heteroatoms. The minimum atomic E-state index is -3.82. The Hall–Kier alpha value is -2.30. The molecule has 1 aliphatic rings. The number of halogens is 1. The predicted octanol–water partition coefficient (Wildman–Crippen LogP) is 0.832. The van der Waals surface area contributed by atoms with Crippen LogP contribution in [0.2, 0.25) is 0 Å². The summed E-state index contributed by atoms with van der Waals surface area (Å²) in [5.74, 6) is -1.34. The van der Waals surface area contributed by atoms with E-state index in [4.69, 9.17) is 4.74 Å². The van der Waals surface area contributed by atoms with E-state index in [1.165, 1.54) is 8.99 Å². The van der Waals surface area contributed by atoms with Crippen LogP contribution >= 0.6 is 0 Å². The van der Waals surface area contributed by atoms with Gasteiger partial charge < -0.3 is 10.1 Å². The van der Waals surface area contributed by atoms with Gasteiger partial charge in [0.05, 0.1) is 23.7 Å². The van der Waals surface area contributed by atoms with Crippen molar-refractivity contribution in [1.29, 1.82) is 0 Å². The molecule has 1 fully saturated rings. The predicted molar refractivity (Wildman–Crippen MR) is 87.1 cm³/mol. The van der Waals surface area contributed by atoms with E-state index in [0.717, 1.165) is 18.2 Å². The molecule has 8 nitrogen and oxygen atoms in total. The Bertz CT molecular complexity index is 891. The molecule has 0 aliphatic carbocycles. The summed E-state index contributed by atoms with van der Waals surface area (Å²) in [4.78, 5) is 12.1. The molecule has 1 saturated heterocycles. The van der Waals surface area contributed by atoms with Gasteiger partial charge in [0.1, 0.15) is 5.82 Å². The first kappa shape index (κ1) is 17.5. The Kier molecular flexibility index (Phi) is 4.84. The molecule has 0 bridgehead atoms. The first-order valence-electron chi connectivity index (χ1n) is 7.56. The van der Waals surface area contributed by atoms with E-state index < -0.39 is 21.7 Å². The topological polar surface area (TPSA) is 93.5 Å². The van der Waals surface area contributed by atoms with Gasteiger partial charge >= 0.3 is 0 Å². The number of benzene rings is 1. The molecule has 134 valence electrons. The van der Waals surface area contributed by atoms with Crippen molar-refractivity contribution in [2.24, 2.45) is 7.05 Å². The number of rotatable bonds is 4. The molecule has 0 radical (unpaired) electrons. The molecule has 25 heavy (non-hydrogen) atoms.